The molecule has 4 nitrogen and oxygen atoms in total. The summed E-state index contributed by atoms with van der Waals surface area (Å²) in [7, 11) is 0. The summed E-state index contributed by atoms with van der Waals surface area (Å²) in [6, 6.07) is 0.289. The molecule has 0 N–H and O–H groups in total. The van der Waals surface area contributed by atoms with Gasteiger partial charge in [0.15, 0.2) is 22.9 Å². The molecule has 104 valence electrons. The Morgan fingerprint density at radius 3 is 2.38 bits per heavy atom. The second kappa shape index (κ2) is 5.84. The normalized spacial score (nSPS) is 14.0. The summed E-state index contributed by atoms with van der Waals surface area (Å²) in [5.74, 6) is -6.46. The minimum Gasteiger partial charge on any atom is -0.545 e. The molecule has 1 heterocycles. The van der Waals surface area contributed by atoms with Crippen molar-refractivity contribution in [1.29, 1.82) is 0 Å². The van der Waals surface area contributed by atoms with Crippen LogP contribution in [0.25, 0.3) is 10.9 Å². The largest absolute Gasteiger partial charge is 1.00 e. The summed E-state index contributed by atoms with van der Waals surface area (Å²) >= 11 is 0. The second-order valence-corrected chi connectivity index (χ2v) is 4.68. The molecule has 0 saturated heterocycles. The van der Waals surface area contributed by atoms with Crippen LogP contribution < -0.4 is 61.9 Å². The van der Waals surface area contributed by atoms with Gasteiger partial charge in [0, 0.05) is 12.2 Å². The molecule has 2 aromatic rings. The predicted molar refractivity (Wildman–Crippen MR) is 60.7 cm³/mol. The van der Waals surface area contributed by atoms with Crippen molar-refractivity contribution in [3.05, 3.63) is 45.5 Å². The Labute approximate surface area is 159 Å². The number of aromatic nitrogens is 1. The van der Waals surface area contributed by atoms with Crippen molar-refractivity contribution in [2.24, 2.45) is 0 Å². The van der Waals surface area contributed by atoms with Gasteiger partial charge in [-0.2, -0.15) is 0 Å². The molecule has 0 bridgehead atoms. The maximum absolute atomic E-state index is 13.9. The van der Waals surface area contributed by atoms with E-state index in [9.17, 15) is 27.9 Å². The molecular formula is C13H7F3KNO3. The topological polar surface area (TPSA) is 62.1 Å². The third-order valence-corrected chi connectivity index (χ3v) is 3.31. The minimum absolute atomic E-state index is 0. The Balaban J connectivity index is 0.00000161. The van der Waals surface area contributed by atoms with Crippen LogP contribution in [0.3, 0.4) is 0 Å². The van der Waals surface area contributed by atoms with Crippen molar-refractivity contribution in [2.45, 2.75) is 18.9 Å². The van der Waals surface area contributed by atoms with Crippen LogP contribution in [-0.4, -0.2) is 10.5 Å². The molecule has 3 rings (SSSR count). The van der Waals surface area contributed by atoms with Gasteiger partial charge in [0.25, 0.3) is 0 Å². The van der Waals surface area contributed by atoms with Crippen molar-refractivity contribution < 1.29 is 74.5 Å². The number of carbonyl (C=O) groups is 1. The van der Waals surface area contributed by atoms with Crippen molar-refractivity contribution in [2.75, 3.05) is 0 Å². The molecule has 1 aliphatic rings. The van der Waals surface area contributed by atoms with E-state index in [0.717, 1.165) is 6.20 Å². The summed E-state index contributed by atoms with van der Waals surface area (Å²) in [6.45, 7) is 0. The number of carbonyl (C=O) groups excluding carboxylic acids is 1. The van der Waals surface area contributed by atoms with E-state index in [0.29, 0.717) is 18.9 Å². The number of benzene rings is 1. The molecule has 0 radical (unpaired) electrons. The molecule has 0 atom stereocenters. The Bertz CT molecular complexity index is 815. The van der Waals surface area contributed by atoms with Crippen molar-refractivity contribution in [1.82, 2.24) is 4.57 Å². The zero-order valence-corrected chi connectivity index (χ0v) is 14.1. The molecule has 1 fully saturated rings. The van der Waals surface area contributed by atoms with Crippen molar-refractivity contribution in [3.63, 3.8) is 0 Å². The predicted octanol–water partition coefficient (Wildman–Crippen LogP) is -1.88. The number of fused-ring (bicyclic) bond motifs is 1. The number of halogens is 3. The summed E-state index contributed by atoms with van der Waals surface area (Å²) < 4.78 is 41.6. The van der Waals surface area contributed by atoms with Gasteiger partial charge in [0.1, 0.15) is 0 Å². The van der Waals surface area contributed by atoms with E-state index in [1.165, 1.54) is 4.57 Å². The van der Waals surface area contributed by atoms with Crippen LogP contribution in [0, 0.1) is 17.5 Å². The Hall–Kier alpha value is -0.674. The monoisotopic (exact) mass is 321 g/mol. The Morgan fingerprint density at radius 1 is 1.24 bits per heavy atom. The van der Waals surface area contributed by atoms with Crippen LogP contribution in [0.2, 0.25) is 0 Å². The Morgan fingerprint density at radius 2 is 1.86 bits per heavy atom. The van der Waals surface area contributed by atoms with Crippen molar-refractivity contribution >= 4 is 16.9 Å². The molecule has 1 aliphatic carbocycles. The van der Waals surface area contributed by atoms with E-state index < -0.39 is 45.3 Å². The molecule has 0 aliphatic heterocycles. The van der Waals surface area contributed by atoms with E-state index in [1.807, 2.05) is 0 Å². The van der Waals surface area contributed by atoms with Crippen LogP contribution in [0.5, 0.6) is 0 Å². The van der Waals surface area contributed by atoms with E-state index >= 15 is 0 Å². The van der Waals surface area contributed by atoms with Gasteiger partial charge in [-0.3, -0.25) is 4.79 Å². The average Bonchev–Trinajstić information content (AvgIpc) is 3.21. The number of hydrogen-bond donors (Lipinski definition) is 0. The van der Waals surface area contributed by atoms with Gasteiger partial charge in [-0.25, -0.2) is 13.2 Å². The quantitative estimate of drug-likeness (QED) is 0.481. The number of pyridine rings is 1. The first-order valence-corrected chi connectivity index (χ1v) is 5.85. The van der Waals surface area contributed by atoms with Gasteiger partial charge in [-0.05, 0) is 18.9 Å². The van der Waals surface area contributed by atoms with E-state index in [4.69, 9.17) is 0 Å². The molecule has 1 aromatic carbocycles. The third kappa shape index (κ3) is 2.70. The fourth-order valence-electron chi connectivity index (χ4n) is 2.20. The van der Waals surface area contributed by atoms with Gasteiger partial charge >= 0.3 is 51.4 Å². The number of rotatable bonds is 2. The molecule has 1 aromatic heterocycles. The maximum Gasteiger partial charge on any atom is 1.00 e. The summed E-state index contributed by atoms with van der Waals surface area (Å²) in [5.41, 5.74) is -2.20. The molecule has 0 spiro atoms. The Kier molecular flexibility index (Phi) is 4.65. The number of hydrogen-bond acceptors (Lipinski definition) is 3. The number of carboxylic acids is 1. The van der Waals surface area contributed by atoms with Crippen LogP contribution in [-0.2, 0) is 0 Å². The van der Waals surface area contributed by atoms with Crippen LogP contribution in [0.1, 0.15) is 29.2 Å². The van der Waals surface area contributed by atoms with E-state index in [1.54, 1.807) is 0 Å². The first-order valence-electron chi connectivity index (χ1n) is 5.85. The average molecular weight is 321 g/mol. The molecule has 0 amide bonds. The fraction of sp³-hybridized carbons (Fsp3) is 0.231. The minimum atomic E-state index is -1.74. The summed E-state index contributed by atoms with van der Waals surface area (Å²) in [5, 5.41) is 10.4. The molecule has 0 unspecified atom stereocenters. The van der Waals surface area contributed by atoms with Crippen LogP contribution >= 0.6 is 0 Å². The number of carboxylic acid groups (broad SMARTS) is 1. The van der Waals surface area contributed by atoms with Gasteiger partial charge in [-0.1, -0.05) is 0 Å². The standard InChI is InChI=1S/C13H8F3NO3.K/c14-8-3-6-11(10(16)9(8)15)17(5-1-2-5)4-7(12(6)18)13(19)20;/h3-5H,1-2H2,(H,19,20);/q;+1/p-1. The number of aromatic carboxylic acids is 1. The van der Waals surface area contributed by atoms with Crippen LogP contribution in [0.15, 0.2) is 17.1 Å². The van der Waals surface area contributed by atoms with E-state index in [-0.39, 0.29) is 57.4 Å². The fourth-order valence-corrected chi connectivity index (χ4v) is 2.20. The van der Waals surface area contributed by atoms with E-state index in [2.05, 4.69) is 0 Å². The maximum atomic E-state index is 13.9. The zero-order chi connectivity index (χ0) is 14.6. The first-order chi connectivity index (χ1) is 9.41. The molecular weight excluding hydrogens is 314 g/mol. The zero-order valence-electron chi connectivity index (χ0n) is 11.0. The SMILES string of the molecule is O=C([O-])c1cn(C2CC2)c2c(F)c(F)c(F)cc2c1=O.[K+]. The summed E-state index contributed by atoms with van der Waals surface area (Å²) in [6.07, 6.45) is 2.21. The van der Waals surface area contributed by atoms with Crippen molar-refractivity contribution in [3.8, 4) is 0 Å². The van der Waals surface area contributed by atoms with Gasteiger partial charge in [0.2, 0.25) is 0 Å². The number of nitrogens with zero attached hydrogens (tertiary/aromatic N) is 1. The molecule has 8 heteroatoms. The third-order valence-electron chi connectivity index (χ3n) is 3.31. The van der Waals surface area contributed by atoms with Gasteiger partial charge in [-0.15, -0.1) is 0 Å². The summed E-state index contributed by atoms with van der Waals surface area (Å²) in [4.78, 5) is 22.8. The van der Waals surface area contributed by atoms with Gasteiger partial charge < -0.3 is 14.5 Å². The van der Waals surface area contributed by atoms with Crippen LogP contribution in [0.4, 0.5) is 13.2 Å². The molecule has 21 heavy (non-hydrogen) atoms. The van der Waals surface area contributed by atoms with Gasteiger partial charge in [0.05, 0.1) is 22.4 Å². The molecule has 1 saturated carbocycles. The second-order valence-electron chi connectivity index (χ2n) is 4.68. The smallest absolute Gasteiger partial charge is 0.545 e. The first kappa shape index (κ1) is 16.7.